The summed E-state index contributed by atoms with van der Waals surface area (Å²) >= 11 is 0. The third-order valence-corrected chi connectivity index (χ3v) is 10.9. The van der Waals surface area contributed by atoms with Gasteiger partial charge in [0.2, 0.25) is 0 Å². The zero-order valence-electron chi connectivity index (χ0n) is 33.2. The predicted octanol–water partition coefficient (Wildman–Crippen LogP) is 13.2. The van der Waals surface area contributed by atoms with Crippen molar-refractivity contribution in [2.24, 2.45) is 0 Å². The monoisotopic (exact) mass is 781 g/mol. The first-order valence-corrected chi connectivity index (χ1v) is 20.4. The van der Waals surface area contributed by atoms with Gasteiger partial charge in [-0.1, -0.05) is 206 Å². The van der Waals surface area contributed by atoms with E-state index in [4.69, 9.17) is 15.0 Å². The van der Waals surface area contributed by atoms with Crippen LogP contribution in [0.5, 0.6) is 0 Å². The Morgan fingerprint density at radius 1 is 0.377 bits per heavy atom. The lowest BCUT2D eigenvalue weighted by Crippen LogP contribution is -2.21. The van der Waals surface area contributed by atoms with Crippen LogP contribution >= 0.6 is 0 Å². The molecule has 0 spiro atoms. The van der Waals surface area contributed by atoms with E-state index < -0.39 is 0 Å². The average Bonchev–Trinajstić information content (AvgIpc) is 3.35. The van der Waals surface area contributed by atoms with Gasteiger partial charge in [-0.15, -0.1) is 0 Å². The molecular weight excluding hydrogens is 743 g/mol. The Kier molecular flexibility index (Phi) is 10.0. The van der Waals surface area contributed by atoms with Crippen molar-refractivity contribution in [2.45, 2.75) is 0 Å². The molecule has 10 rings (SSSR count). The van der Waals surface area contributed by atoms with Crippen LogP contribution in [0.2, 0.25) is 0 Å². The lowest BCUT2D eigenvalue weighted by Gasteiger charge is -2.28. The van der Waals surface area contributed by atoms with Crippen LogP contribution in [0, 0.1) is 5.41 Å². The molecule has 0 amide bonds. The Morgan fingerprint density at radius 2 is 0.803 bits per heavy atom. The van der Waals surface area contributed by atoms with E-state index in [1.165, 1.54) is 0 Å². The van der Waals surface area contributed by atoms with Gasteiger partial charge in [0.25, 0.3) is 0 Å². The number of rotatable bonds is 9. The molecule has 5 nitrogen and oxygen atoms in total. The molecule has 0 bridgehead atoms. The molecule has 5 heteroatoms. The Labute approximate surface area is 355 Å². The van der Waals surface area contributed by atoms with Crippen LogP contribution in [-0.2, 0) is 0 Å². The van der Waals surface area contributed by atoms with Gasteiger partial charge in [0.15, 0.2) is 17.5 Å². The second-order valence-electron chi connectivity index (χ2n) is 14.9. The Morgan fingerprint density at radius 3 is 1.38 bits per heavy atom. The molecule has 1 aromatic heterocycles. The molecule has 0 saturated carbocycles. The molecule has 0 atom stereocenters. The molecule has 1 aliphatic rings. The van der Waals surface area contributed by atoms with E-state index in [2.05, 4.69) is 115 Å². The van der Waals surface area contributed by atoms with Crippen LogP contribution in [0.1, 0.15) is 27.8 Å². The predicted molar refractivity (Wildman–Crippen MR) is 251 cm³/mol. The van der Waals surface area contributed by atoms with E-state index >= 15 is 0 Å². The first-order valence-electron chi connectivity index (χ1n) is 20.4. The molecule has 0 radical (unpaired) electrons. The first-order chi connectivity index (χ1) is 30.2. The van der Waals surface area contributed by atoms with Crippen LogP contribution in [0.25, 0.3) is 79.5 Å². The first kappa shape index (κ1) is 37.0. The van der Waals surface area contributed by atoms with Gasteiger partial charge in [-0.05, 0) is 57.2 Å². The number of hydrogen-bond acceptors (Lipinski definition) is 5. The van der Waals surface area contributed by atoms with Crippen molar-refractivity contribution in [3.8, 4) is 56.4 Å². The molecule has 2 N–H and O–H groups in total. The van der Waals surface area contributed by atoms with Crippen LogP contribution in [0.3, 0.4) is 0 Å². The molecule has 8 aromatic carbocycles. The van der Waals surface area contributed by atoms with Gasteiger partial charge in [0.1, 0.15) is 0 Å². The van der Waals surface area contributed by atoms with Crippen LogP contribution in [0.4, 0.5) is 0 Å². The molecule has 2 heterocycles. The molecule has 0 aliphatic carbocycles. The summed E-state index contributed by atoms with van der Waals surface area (Å²) in [5, 5.41) is 13.6. The fourth-order valence-corrected chi connectivity index (χ4v) is 7.97. The fraction of sp³-hybridized carbons (Fsp3) is 0. The highest BCUT2D eigenvalue weighted by Gasteiger charge is 2.26. The highest BCUT2D eigenvalue weighted by atomic mass is 15.0. The van der Waals surface area contributed by atoms with Gasteiger partial charge >= 0.3 is 0 Å². The minimum atomic E-state index is 0.444. The van der Waals surface area contributed by atoms with Crippen molar-refractivity contribution in [1.82, 2.24) is 20.3 Å². The smallest absolute Gasteiger partial charge is 0.164 e. The highest BCUT2D eigenvalue weighted by Crippen LogP contribution is 2.42. The molecule has 0 unspecified atom stereocenters. The summed E-state index contributed by atoms with van der Waals surface area (Å²) in [4.78, 5) is 14.9. The molecule has 9 aromatic rings. The number of nitrogens with zero attached hydrogens (tertiary/aromatic N) is 3. The maximum Gasteiger partial charge on any atom is 0.164 e. The summed E-state index contributed by atoms with van der Waals surface area (Å²) in [6, 6.07) is 74.4. The fourth-order valence-electron chi connectivity index (χ4n) is 7.97. The van der Waals surface area contributed by atoms with Crippen molar-refractivity contribution in [3.05, 3.63) is 246 Å². The van der Waals surface area contributed by atoms with E-state index in [1.807, 2.05) is 115 Å². The number of aromatic nitrogens is 3. The third-order valence-electron chi connectivity index (χ3n) is 10.9. The second-order valence-corrected chi connectivity index (χ2v) is 14.9. The van der Waals surface area contributed by atoms with Gasteiger partial charge in [-0.25, -0.2) is 15.0 Å². The number of nitrogens with one attached hydrogen (secondary N) is 2. The second kappa shape index (κ2) is 16.5. The number of allylic oxidation sites excluding steroid dienone is 1. The molecule has 61 heavy (non-hydrogen) atoms. The van der Waals surface area contributed by atoms with Crippen molar-refractivity contribution in [1.29, 1.82) is 5.41 Å². The highest BCUT2D eigenvalue weighted by molar-refractivity contribution is 6.36. The standard InChI is InChI=1S/C56H39N5/c57-52(40-23-10-3-11-24-40)51(39-21-8-2-9-22-39)53-50-46(37-49(58-53)38-19-6-1-7-20-38)32-18-34-48(50)45-31-16-29-43(35-45)44-30-17-33-47(36-44)56-60-54(41-25-12-4-13-26-41)59-55(61-56)42-27-14-5-15-28-42/h1-37,57-58H/b53-51-,57-52?. The van der Waals surface area contributed by atoms with Crippen molar-refractivity contribution >= 4 is 28.8 Å². The third kappa shape index (κ3) is 7.60. The van der Waals surface area contributed by atoms with Crippen LogP contribution < -0.4 is 5.32 Å². The van der Waals surface area contributed by atoms with Gasteiger partial charge in [-0.2, -0.15) is 0 Å². The average molecular weight is 782 g/mol. The molecular formula is C56H39N5. The van der Waals surface area contributed by atoms with E-state index in [-0.39, 0.29) is 0 Å². The van der Waals surface area contributed by atoms with E-state index in [9.17, 15) is 5.41 Å². The summed E-state index contributed by atoms with van der Waals surface area (Å²) in [5.74, 6) is 1.87. The summed E-state index contributed by atoms with van der Waals surface area (Å²) in [7, 11) is 0. The lowest BCUT2D eigenvalue weighted by atomic mass is 9.84. The largest absolute Gasteiger partial charge is 0.354 e. The SMILES string of the molecule is N=C(/C(=C1\NC(c2ccccc2)=Cc2cccc(-c3cccc(-c4cccc(-c5nc(-c6ccccc6)nc(-c6ccccc6)n5)c4)c3)c21)c1ccccc1)c1ccccc1. The van der Waals surface area contributed by atoms with Gasteiger partial charge in [0.05, 0.1) is 11.4 Å². The van der Waals surface area contributed by atoms with E-state index in [0.717, 1.165) is 83.7 Å². The maximum atomic E-state index is 9.78. The summed E-state index contributed by atoms with van der Waals surface area (Å²) < 4.78 is 0. The van der Waals surface area contributed by atoms with Gasteiger partial charge < -0.3 is 5.32 Å². The Hall–Kier alpha value is -8.28. The summed E-state index contributed by atoms with van der Waals surface area (Å²) in [6.07, 6.45) is 2.22. The number of hydrogen-bond donors (Lipinski definition) is 2. The lowest BCUT2D eigenvalue weighted by molar-refractivity contribution is 1.07. The van der Waals surface area contributed by atoms with Gasteiger partial charge in [0, 0.05) is 39.1 Å². The zero-order valence-corrected chi connectivity index (χ0v) is 33.2. The van der Waals surface area contributed by atoms with Crippen molar-refractivity contribution in [3.63, 3.8) is 0 Å². The maximum absolute atomic E-state index is 9.78. The normalized spacial score (nSPS) is 12.8. The number of fused-ring (bicyclic) bond motifs is 1. The van der Waals surface area contributed by atoms with Crippen LogP contribution in [-0.4, -0.2) is 20.7 Å². The minimum absolute atomic E-state index is 0.444. The summed E-state index contributed by atoms with van der Waals surface area (Å²) in [5.41, 5.74) is 15.1. The Balaban J connectivity index is 1.12. The quantitative estimate of drug-likeness (QED) is 0.143. The molecule has 0 fully saturated rings. The minimum Gasteiger partial charge on any atom is -0.354 e. The van der Waals surface area contributed by atoms with Gasteiger partial charge in [-0.3, -0.25) is 5.41 Å². The van der Waals surface area contributed by atoms with Crippen molar-refractivity contribution in [2.75, 3.05) is 0 Å². The Bertz CT molecular complexity index is 3030. The van der Waals surface area contributed by atoms with E-state index in [1.54, 1.807) is 0 Å². The molecule has 0 saturated heterocycles. The molecule has 288 valence electrons. The topological polar surface area (TPSA) is 74.6 Å². The van der Waals surface area contributed by atoms with Crippen LogP contribution in [0.15, 0.2) is 218 Å². The summed E-state index contributed by atoms with van der Waals surface area (Å²) in [6.45, 7) is 0. The number of benzene rings is 8. The molecule has 1 aliphatic heterocycles. The zero-order chi connectivity index (χ0) is 41.0. The van der Waals surface area contributed by atoms with E-state index in [0.29, 0.717) is 23.2 Å². The van der Waals surface area contributed by atoms with Crippen molar-refractivity contribution < 1.29 is 0 Å².